The minimum atomic E-state index is -3.85. The van der Waals surface area contributed by atoms with Gasteiger partial charge < -0.3 is 14.6 Å². The molecule has 2 N–H and O–H groups in total. The maximum absolute atomic E-state index is 13.9. The van der Waals surface area contributed by atoms with E-state index in [1.807, 2.05) is 0 Å². The zero-order valence-corrected chi connectivity index (χ0v) is 21.1. The van der Waals surface area contributed by atoms with Crippen LogP contribution in [0.3, 0.4) is 0 Å². The number of piperazine rings is 1. The number of ether oxygens (including phenoxy) is 2. The summed E-state index contributed by atoms with van der Waals surface area (Å²) >= 11 is 6.02. The lowest BCUT2D eigenvalue weighted by molar-refractivity contribution is -0.164. The molecule has 0 aromatic heterocycles. The molecule has 6 rings (SSSR count). The third-order valence-electron chi connectivity index (χ3n) is 8.30. The number of esters is 1. The molecule has 3 aliphatic heterocycles. The molecule has 1 aromatic rings. The highest BCUT2D eigenvalue weighted by molar-refractivity contribution is 7.89. The topological polar surface area (TPSA) is 108 Å². The van der Waals surface area contributed by atoms with Gasteiger partial charge in [0.15, 0.2) is 0 Å². The lowest BCUT2D eigenvalue weighted by Crippen LogP contribution is -2.62. The van der Waals surface area contributed by atoms with Crippen molar-refractivity contribution in [3.63, 3.8) is 0 Å². The zero-order valence-electron chi connectivity index (χ0n) is 19.5. The first kappa shape index (κ1) is 24.1. The number of carbonyl (C=O) groups is 1. The number of aliphatic hydroxyl groups is 1. The average molecular weight is 526 g/mol. The van der Waals surface area contributed by atoms with Gasteiger partial charge in [-0.1, -0.05) is 11.6 Å². The molecule has 1 aromatic carbocycles. The van der Waals surface area contributed by atoms with Crippen LogP contribution in [0.5, 0.6) is 0 Å². The van der Waals surface area contributed by atoms with E-state index in [1.54, 1.807) is 16.4 Å². The van der Waals surface area contributed by atoms with Crippen molar-refractivity contribution in [1.82, 2.24) is 14.5 Å². The van der Waals surface area contributed by atoms with Crippen LogP contribution in [0, 0.1) is 5.92 Å². The van der Waals surface area contributed by atoms with Gasteiger partial charge in [-0.05, 0) is 62.3 Å². The Morgan fingerprint density at radius 2 is 1.94 bits per heavy atom. The number of benzene rings is 1. The van der Waals surface area contributed by atoms with Crippen LogP contribution in [0.25, 0.3) is 0 Å². The normalized spacial score (nSPS) is 34.7. The largest absolute Gasteiger partial charge is 0.456 e. The number of hydrogen-bond donors (Lipinski definition) is 2. The van der Waals surface area contributed by atoms with E-state index in [-0.39, 0.29) is 48.1 Å². The van der Waals surface area contributed by atoms with Gasteiger partial charge in [-0.15, -0.1) is 0 Å². The van der Waals surface area contributed by atoms with Crippen molar-refractivity contribution in [2.45, 2.75) is 72.8 Å². The van der Waals surface area contributed by atoms with Crippen molar-refractivity contribution in [3.8, 4) is 0 Å². The van der Waals surface area contributed by atoms with Crippen LogP contribution in [0.4, 0.5) is 0 Å². The van der Waals surface area contributed by atoms with E-state index in [0.717, 1.165) is 25.8 Å². The number of likely N-dealkylation sites (tertiary alicyclic amines) is 1. The number of nitrogens with one attached hydrogen (secondary N) is 1. The van der Waals surface area contributed by atoms with E-state index >= 15 is 0 Å². The molecule has 0 spiro atoms. The van der Waals surface area contributed by atoms with Crippen LogP contribution in [0.15, 0.2) is 29.2 Å². The van der Waals surface area contributed by atoms with E-state index in [4.69, 9.17) is 21.1 Å². The fraction of sp³-hybridized carbons (Fsp3) is 0.708. The second-order valence-electron chi connectivity index (χ2n) is 10.6. The quantitative estimate of drug-likeness (QED) is 0.484. The van der Waals surface area contributed by atoms with Crippen molar-refractivity contribution < 1.29 is 27.8 Å². The third kappa shape index (κ3) is 4.31. The number of fused-ring (bicyclic) bond motifs is 2. The predicted molar refractivity (Wildman–Crippen MR) is 127 cm³/mol. The summed E-state index contributed by atoms with van der Waals surface area (Å²) in [6, 6.07) is 5.13. The maximum atomic E-state index is 13.9. The van der Waals surface area contributed by atoms with Gasteiger partial charge in [0.25, 0.3) is 0 Å². The van der Waals surface area contributed by atoms with Crippen molar-refractivity contribution in [3.05, 3.63) is 29.3 Å². The highest BCUT2D eigenvalue weighted by Gasteiger charge is 2.62. The van der Waals surface area contributed by atoms with E-state index < -0.39 is 27.7 Å². The third-order valence-corrected chi connectivity index (χ3v) is 10.5. The number of nitrogens with zero attached hydrogens (tertiary/aromatic N) is 2. The molecule has 3 unspecified atom stereocenters. The van der Waals surface area contributed by atoms with E-state index in [9.17, 15) is 18.3 Å². The lowest BCUT2D eigenvalue weighted by Gasteiger charge is -2.44. The molecule has 2 aliphatic carbocycles. The number of morpholine rings is 1. The highest BCUT2D eigenvalue weighted by Crippen LogP contribution is 2.50. The van der Waals surface area contributed by atoms with E-state index in [0.29, 0.717) is 31.0 Å². The number of β-amino-alcohol motifs (C(OH)–C–C–N with tert-alkyl or cyclic N) is 1. The fourth-order valence-electron chi connectivity index (χ4n) is 6.23. The maximum Gasteiger partial charge on any atom is 0.325 e. The first-order valence-electron chi connectivity index (χ1n) is 12.5. The number of hydrogen-bond acceptors (Lipinski definition) is 8. The van der Waals surface area contributed by atoms with Gasteiger partial charge >= 0.3 is 5.97 Å². The number of rotatable bonds is 8. The summed E-state index contributed by atoms with van der Waals surface area (Å²) in [5.41, 5.74) is -0.880. The Balaban J connectivity index is 1.26. The van der Waals surface area contributed by atoms with Crippen LogP contribution >= 0.6 is 11.6 Å². The molecule has 3 heterocycles. The van der Waals surface area contributed by atoms with Crippen LogP contribution in [-0.2, 0) is 24.3 Å². The van der Waals surface area contributed by atoms with Gasteiger partial charge in [-0.3, -0.25) is 15.0 Å². The summed E-state index contributed by atoms with van der Waals surface area (Å²) in [5, 5.41) is 13.2. The van der Waals surface area contributed by atoms with Crippen LogP contribution in [0.2, 0.25) is 5.02 Å². The second-order valence-corrected chi connectivity index (χ2v) is 12.9. The SMILES string of the molecule is O=C(OC1([C@H]2COC[C@@H](C3CC3)N2S(=O)(=O)c2ccc(Cl)cc2)CC1)C1NC2CC1N(CCO)C2. The second kappa shape index (κ2) is 8.93. The van der Waals surface area contributed by atoms with Gasteiger partial charge in [0.05, 0.1) is 36.8 Å². The molecule has 5 atom stereocenters. The molecule has 2 bridgehead atoms. The smallest absolute Gasteiger partial charge is 0.325 e. The Morgan fingerprint density at radius 3 is 2.57 bits per heavy atom. The lowest BCUT2D eigenvalue weighted by atomic mass is 10.0. The molecule has 9 nitrogen and oxygen atoms in total. The van der Waals surface area contributed by atoms with E-state index in [2.05, 4.69) is 10.2 Å². The Kier molecular flexibility index (Phi) is 6.15. The minimum Gasteiger partial charge on any atom is -0.456 e. The summed E-state index contributed by atoms with van der Waals surface area (Å²) in [5.74, 6) is -0.0827. The van der Waals surface area contributed by atoms with Crippen molar-refractivity contribution in [2.75, 3.05) is 32.9 Å². The molecular weight excluding hydrogens is 494 g/mol. The summed E-state index contributed by atoms with van der Waals surface area (Å²) < 4.78 is 41.6. The first-order valence-corrected chi connectivity index (χ1v) is 14.3. The molecule has 192 valence electrons. The van der Waals surface area contributed by atoms with Gasteiger partial charge in [0.1, 0.15) is 11.6 Å². The van der Waals surface area contributed by atoms with E-state index in [1.165, 1.54) is 12.1 Å². The number of carbonyl (C=O) groups excluding carboxylic acids is 1. The Hall–Kier alpha value is -1.27. The molecular formula is C24H32ClN3O6S. The molecule has 0 amide bonds. The van der Waals surface area contributed by atoms with Crippen LogP contribution in [0.1, 0.15) is 32.1 Å². The molecule has 5 aliphatic rings. The Labute approximate surface area is 210 Å². The van der Waals surface area contributed by atoms with Gasteiger partial charge in [-0.2, -0.15) is 4.31 Å². The number of sulfonamides is 1. The minimum absolute atomic E-state index is 0.00817. The number of halogens is 1. The molecule has 2 saturated carbocycles. The Morgan fingerprint density at radius 1 is 1.20 bits per heavy atom. The molecule has 35 heavy (non-hydrogen) atoms. The van der Waals surface area contributed by atoms with Gasteiger partial charge in [-0.25, -0.2) is 8.42 Å². The van der Waals surface area contributed by atoms with Crippen molar-refractivity contribution >= 4 is 27.6 Å². The molecule has 0 radical (unpaired) electrons. The predicted octanol–water partition coefficient (Wildman–Crippen LogP) is 0.991. The molecule has 3 saturated heterocycles. The first-order chi connectivity index (χ1) is 16.8. The number of aliphatic hydroxyl groups excluding tert-OH is 1. The highest BCUT2D eigenvalue weighted by atomic mass is 35.5. The summed E-state index contributed by atoms with van der Waals surface area (Å²) in [7, 11) is -3.85. The molecule has 5 fully saturated rings. The molecule has 11 heteroatoms. The van der Waals surface area contributed by atoms with Gasteiger partial charge in [0.2, 0.25) is 10.0 Å². The van der Waals surface area contributed by atoms with Crippen molar-refractivity contribution in [1.29, 1.82) is 0 Å². The van der Waals surface area contributed by atoms with Gasteiger partial charge in [0, 0.05) is 30.2 Å². The summed E-state index contributed by atoms with van der Waals surface area (Å²) in [6.07, 6.45) is 4.00. The monoisotopic (exact) mass is 525 g/mol. The summed E-state index contributed by atoms with van der Waals surface area (Å²) in [6.45, 7) is 1.94. The fourth-order valence-corrected chi connectivity index (χ4v) is 8.26. The summed E-state index contributed by atoms with van der Waals surface area (Å²) in [4.78, 5) is 15.7. The van der Waals surface area contributed by atoms with Crippen molar-refractivity contribution in [2.24, 2.45) is 5.92 Å². The standard InChI is InChI=1S/C24H32ClN3O6S/c25-16-3-5-18(6-4-16)35(31,32)28-20(15-1-2-15)13-33-14-21(28)24(7-8-24)34-23(30)22-19-11-17(26-22)12-27(19)9-10-29/h3-6,15,17,19-22,26,29H,1-2,7-14H2/t17?,19?,20-,21+,22?/m0/s1. The zero-order chi connectivity index (χ0) is 24.4. The van der Waals surface area contributed by atoms with Crippen LogP contribution in [-0.4, -0.2) is 97.4 Å². The Bertz CT molecular complexity index is 1080. The average Bonchev–Trinajstić information content (AvgIpc) is 3.76. The van der Waals surface area contributed by atoms with Crippen LogP contribution < -0.4 is 5.32 Å².